The van der Waals surface area contributed by atoms with Crippen molar-refractivity contribution in [2.24, 2.45) is 0 Å². The number of aryl methyl sites for hydroxylation is 2. The van der Waals surface area contributed by atoms with E-state index in [1.165, 1.54) is 0 Å². The fourth-order valence-electron chi connectivity index (χ4n) is 4.53. The van der Waals surface area contributed by atoms with E-state index in [9.17, 15) is 9.90 Å². The number of imidazole rings is 1. The molecular weight excluding hydrogens is 454 g/mol. The molecular formula is C27H27N7O2. The molecule has 0 aliphatic carbocycles. The maximum Gasteiger partial charge on any atom is 0.354 e. The van der Waals surface area contributed by atoms with Crippen molar-refractivity contribution in [1.82, 2.24) is 35.2 Å². The lowest BCUT2D eigenvalue weighted by molar-refractivity contribution is 0.0684. The summed E-state index contributed by atoms with van der Waals surface area (Å²) in [6, 6.07) is 17.9. The van der Waals surface area contributed by atoms with Gasteiger partial charge in [0, 0.05) is 29.5 Å². The Kier molecular flexibility index (Phi) is 6.53. The van der Waals surface area contributed by atoms with Crippen LogP contribution in [0.2, 0.25) is 0 Å². The highest BCUT2D eigenvalue weighted by molar-refractivity contribution is 5.88. The summed E-state index contributed by atoms with van der Waals surface area (Å²) in [6.45, 7) is 4.52. The summed E-state index contributed by atoms with van der Waals surface area (Å²) < 4.78 is 1.86. The number of fused-ring (bicyclic) bond motifs is 1. The number of aromatic carboxylic acids is 1. The molecule has 0 atom stereocenters. The number of carboxylic acids is 1. The first-order chi connectivity index (χ1) is 17.6. The largest absolute Gasteiger partial charge is 0.477 e. The van der Waals surface area contributed by atoms with Crippen LogP contribution in [0.3, 0.4) is 0 Å². The van der Waals surface area contributed by atoms with E-state index in [1.807, 2.05) is 60.0 Å². The van der Waals surface area contributed by atoms with Gasteiger partial charge in [0.25, 0.3) is 0 Å². The lowest BCUT2D eigenvalue weighted by Crippen LogP contribution is -2.13. The van der Waals surface area contributed by atoms with Crippen molar-refractivity contribution in [3.63, 3.8) is 0 Å². The maximum atomic E-state index is 12.1. The lowest BCUT2D eigenvalue weighted by Gasteiger charge is -2.12. The molecule has 0 aliphatic rings. The number of benzene rings is 2. The van der Waals surface area contributed by atoms with Gasteiger partial charge in [-0.25, -0.2) is 19.9 Å². The second-order valence-corrected chi connectivity index (χ2v) is 8.69. The smallest absolute Gasteiger partial charge is 0.354 e. The molecule has 0 amide bonds. The Bertz CT molecular complexity index is 1520. The van der Waals surface area contributed by atoms with Crippen LogP contribution in [0.4, 0.5) is 0 Å². The number of tetrazole rings is 1. The summed E-state index contributed by atoms with van der Waals surface area (Å²) >= 11 is 0. The number of nitrogens with zero attached hydrogens (tertiary/aromatic N) is 6. The highest BCUT2D eigenvalue weighted by atomic mass is 16.4. The zero-order chi connectivity index (χ0) is 25.1. The van der Waals surface area contributed by atoms with Gasteiger partial charge in [0.15, 0.2) is 11.5 Å². The lowest BCUT2D eigenvalue weighted by atomic mass is 10.0. The van der Waals surface area contributed by atoms with Crippen molar-refractivity contribution in [2.45, 2.75) is 46.1 Å². The second-order valence-electron chi connectivity index (χ2n) is 8.69. The second kappa shape index (κ2) is 10.1. The molecule has 2 N–H and O–H groups in total. The predicted molar refractivity (Wildman–Crippen MR) is 137 cm³/mol. The molecule has 0 bridgehead atoms. The highest BCUT2D eigenvalue weighted by Crippen LogP contribution is 2.30. The van der Waals surface area contributed by atoms with Gasteiger partial charge in [-0.3, -0.25) is 0 Å². The van der Waals surface area contributed by atoms with Gasteiger partial charge in [0.1, 0.15) is 5.82 Å². The molecule has 5 rings (SSSR count). The summed E-state index contributed by atoms with van der Waals surface area (Å²) in [6.07, 6.45) is 3.34. The predicted octanol–water partition coefficient (Wildman–Crippen LogP) is 4.93. The van der Waals surface area contributed by atoms with Crippen molar-refractivity contribution in [2.75, 3.05) is 0 Å². The van der Waals surface area contributed by atoms with E-state index in [0.29, 0.717) is 24.5 Å². The topological polar surface area (TPSA) is 122 Å². The average Bonchev–Trinajstić information content (AvgIpc) is 3.55. The van der Waals surface area contributed by atoms with E-state index in [1.54, 1.807) is 0 Å². The van der Waals surface area contributed by atoms with Crippen molar-refractivity contribution < 1.29 is 9.90 Å². The molecule has 0 saturated carbocycles. The molecule has 0 spiro atoms. The van der Waals surface area contributed by atoms with Gasteiger partial charge in [-0.2, -0.15) is 0 Å². The van der Waals surface area contributed by atoms with Crippen LogP contribution in [-0.4, -0.2) is 46.2 Å². The monoisotopic (exact) mass is 481 g/mol. The first kappa shape index (κ1) is 23.3. The summed E-state index contributed by atoms with van der Waals surface area (Å²) in [5.41, 5.74) is 5.41. The molecule has 36 heavy (non-hydrogen) atoms. The van der Waals surface area contributed by atoms with Crippen molar-refractivity contribution in [1.29, 1.82) is 0 Å². The van der Waals surface area contributed by atoms with E-state index in [0.717, 1.165) is 58.4 Å². The number of carboxylic acid groups (broad SMARTS) is 1. The Balaban J connectivity index is 1.50. The molecule has 0 radical (unpaired) electrons. The number of hydrogen-bond acceptors (Lipinski definition) is 6. The Morgan fingerprint density at radius 2 is 1.86 bits per heavy atom. The van der Waals surface area contributed by atoms with Crippen molar-refractivity contribution >= 4 is 16.9 Å². The molecule has 9 heteroatoms. The number of unbranched alkanes of at least 4 members (excludes halogenated alkanes) is 1. The van der Waals surface area contributed by atoms with Gasteiger partial charge in [-0.05, 0) is 47.0 Å². The van der Waals surface area contributed by atoms with Gasteiger partial charge in [0.05, 0.1) is 16.9 Å². The molecule has 5 aromatic rings. The van der Waals surface area contributed by atoms with Crippen LogP contribution in [0.1, 0.15) is 54.3 Å². The molecule has 2 aromatic carbocycles. The van der Waals surface area contributed by atoms with Crippen LogP contribution in [0.5, 0.6) is 0 Å². The molecule has 9 nitrogen and oxygen atoms in total. The molecule has 0 aliphatic heterocycles. The molecule has 182 valence electrons. The Labute approximate surface area is 208 Å². The molecule has 0 fully saturated rings. The fraction of sp³-hybridized carbons (Fsp3) is 0.259. The highest BCUT2D eigenvalue weighted by Gasteiger charge is 2.21. The van der Waals surface area contributed by atoms with Crippen molar-refractivity contribution in [3.8, 4) is 22.6 Å². The minimum atomic E-state index is -0.935. The molecule has 3 heterocycles. The van der Waals surface area contributed by atoms with Gasteiger partial charge < -0.3 is 9.67 Å². The normalized spacial score (nSPS) is 11.3. The third kappa shape index (κ3) is 4.47. The number of hydrogen-bond donors (Lipinski definition) is 2. The van der Waals surface area contributed by atoms with E-state index in [2.05, 4.69) is 38.6 Å². The SMILES string of the molecule is CCCCc1nc(CC)c(C(=O)O)n1Cc1ccc2nc(-c3ccccc3-c3nnn[nH]3)ccc2c1. The van der Waals surface area contributed by atoms with Crippen LogP contribution in [-0.2, 0) is 19.4 Å². The summed E-state index contributed by atoms with van der Waals surface area (Å²) in [5, 5.41) is 25.1. The number of rotatable bonds is 9. The average molecular weight is 482 g/mol. The van der Waals surface area contributed by atoms with Crippen LogP contribution in [0.15, 0.2) is 54.6 Å². The molecule has 0 unspecified atom stereocenters. The quantitative estimate of drug-likeness (QED) is 0.306. The number of nitrogens with one attached hydrogen (secondary N) is 1. The Hall–Kier alpha value is -4.40. The fourth-order valence-corrected chi connectivity index (χ4v) is 4.53. The van der Waals surface area contributed by atoms with Gasteiger partial charge >= 0.3 is 5.97 Å². The van der Waals surface area contributed by atoms with Crippen LogP contribution >= 0.6 is 0 Å². The number of aromatic amines is 1. The first-order valence-corrected chi connectivity index (χ1v) is 12.1. The summed E-state index contributed by atoms with van der Waals surface area (Å²) in [7, 11) is 0. The van der Waals surface area contributed by atoms with Gasteiger partial charge in [-0.15, -0.1) is 5.10 Å². The zero-order valence-electron chi connectivity index (χ0n) is 20.3. The number of H-pyrrole nitrogens is 1. The number of pyridine rings is 1. The Morgan fingerprint density at radius 1 is 1.03 bits per heavy atom. The van der Waals surface area contributed by atoms with E-state index < -0.39 is 5.97 Å². The maximum absolute atomic E-state index is 12.1. The number of aromatic nitrogens is 7. The van der Waals surface area contributed by atoms with Crippen LogP contribution in [0, 0.1) is 0 Å². The van der Waals surface area contributed by atoms with Crippen molar-refractivity contribution in [3.05, 3.63) is 77.4 Å². The van der Waals surface area contributed by atoms with Crippen LogP contribution in [0.25, 0.3) is 33.5 Å². The standard InChI is InChI=1S/C27H27N7O2/c1-3-5-10-24-29-21(4-2)25(27(35)36)34(24)16-17-11-13-22-18(15-17)12-14-23(28-22)19-8-6-7-9-20(19)26-30-32-33-31-26/h6-9,11-15H,3-5,10,16H2,1-2H3,(H,35,36)(H,30,31,32,33). The molecule has 3 aromatic heterocycles. The van der Waals surface area contributed by atoms with E-state index >= 15 is 0 Å². The minimum absolute atomic E-state index is 0.288. The molecule has 0 saturated heterocycles. The van der Waals surface area contributed by atoms with Crippen LogP contribution < -0.4 is 0 Å². The van der Waals surface area contributed by atoms with Gasteiger partial charge in [0.2, 0.25) is 0 Å². The summed E-state index contributed by atoms with van der Waals surface area (Å²) in [5.74, 6) is 0.482. The third-order valence-corrected chi connectivity index (χ3v) is 6.31. The first-order valence-electron chi connectivity index (χ1n) is 12.1. The summed E-state index contributed by atoms with van der Waals surface area (Å²) in [4.78, 5) is 21.7. The van der Waals surface area contributed by atoms with E-state index in [4.69, 9.17) is 4.98 Å². The van der Waals surface area contributed by atoms with Gasteiger partial charge in [-0.1, -0.05) is 56.7 Å². The third-order valence-electron chi connectivity index (χ3n) is 6.31. The Morgan fingerprint density at radius 3 is 2.58 bits per heavy atom. The number of carbonyl (C=O) groups is 1. The zero-order valence-corrected chi connectivity index (χ0v) is 20.3. The van der Waals surface area contributed by atoms with E-state index in [-0.39, 0.29) is 5.69 Å². The minimum Gasteiger partial charge on any atom is -0.477 e.